The summed E-state index contributed by atoms with van der Waals surface area (Å²) in [5.74, 6) is 0.334. The van der Waals surface area contributed by atoms with E-state index in [1.165, 1.54) is 16.9 Å². The number of fused-ring (bicyclic) bond motifs is 3. The van der Waals surface area contributed by atoms with Crippen molar-refractivity contribution in [3.05, 3.63) is 27.1 Å². The van der Waals surface area contributed by atoms with E-state index >= 15 is 0 Å². The van der Waals surface area contributed by atoms with Crippen molar-refractivity contribution in [3.8, 4) is 0 Å². The fourth-order valence-electron chi connectivity index (χ4n) is 4.82. The zero-order valence-electron chi connectivity index (χ0n) is 16.6. The smallest absolute Gasteiger partial charge is 0.262 e. The summed E-state index contributed by atoms with van der Waals surface area (Å²) in [4.78, 5) is 34.4. The van der Waals surface area contributed by atoms with Crippen LogP contribution < -0.4 is 5.56 Å². The summed E-state index contributed by atoms with van der Waals surface area (Å²) in [5, 5.41) is 0.785. The number of rotatable bonds is 4. The van der Waals surface area contributed by atoms with E-state index in [-0.39, 0.29) is 23.7 Å². The molecule has 0 aromatic carbocycles. The molecular formula is C21H27N3O4S. The van der Waals surface area contributed by atoms with E-state index in [0.29, 0.717) is 32.7 Å². The molecule has 3 aliphatic rings. The number of thiophene rings is 1. The van der Waals surface area contributed by atoms with Crippen molar-refractivity contribution in [2.45, 2.75) is 57.8 Å². The van der Waals surface area contributed by atoms with Crippen LogP contribution in [0.1, 0.15) is 42.5 Å². The molecule has 1 atom stereocenters. The van der Waals surface area contributed by atoms with E-state index in [1.54, 1.807) is 22.2 Å². The first-order valence-corrected chi connectivity index (χ1v) is 11.5. The summed E-state index contributed by atoms with van der Waals surface area (Å²) in [6.07, 6.45) is 8.09. The number of piperidine rings is 1. The normalized spacial score (nSPS) is 22.9. The van der Waals surface area contributed by atoms with Crippen molar-refractivity contribution in [1.29, 1.82) is 0 Å². The predicted molar refractivity (Wildman–Crippen MR) is 110 cm³/mol. The van der Waals surface area contributed by atoms with Crippen LogP contribution in [0.4, 0.5) is 0 Å². The molecule has 0 spiro atoms. The third-order valence-corrected chi connectivity index (χ3v) is 7.55. The maximum absolute atomic E-state index is 13.0. The van der Waals surface area contributed by atoms with Gasteiger partial charge in [0.15, 0.2) is 6.29 Å². The average Bonchev–Trinajstić information content (AvgIpc) is 3.41. The fourth-order valence-corrected chi connectivity index (χ4v) is 6.04. The second-order valence-electron chi connectivity index (χ2n) is 8.24. The first-order chi connectivity index (χ1) is 14.2. The van der Waals surface area contributed by atoms with E-state index in [0.717, 1.165) is 48.9 Å². The highest BCUT2D eigenvalue weighted by atomic mass is 32.1. The minimum Gasteiger partial charge on any atom is -0.350 e. The predicted octanol–water partition coefficient (Wildman–Crippen LogP) is 2.34. The van der Waals surface area contributed by atoms with Crippen LogP contribution in [0.25, 0.3) is 10.2 Å². The van der Waals surface area contributed by atoms with Gasteiger partial charge in [0.05, 0.1) is 24.9 Å². The Labute approximate surface area is 173 Å². The third-order valence-electron chi connectivity index (χ3n) is 6.35. The molecular weight excluding hydrogens is 390 g/mol. The van der Waals surface area contributed by atoms with Gasteiger partial charge in [0.25, 0.3) is 5.56 Å². The van der Waals surface area contributed by atoms with Gasteiger partial charge in [0.2, 0.25) is 5.91 Å². The van der Waals surface area contributed by atoms with Crippen molar-refractivity contribution >= 4 is 27.5 Å². The van der Waals surface area contributed by atoms with Gasteiger partial charge < -0.3 is 14.4 Å². The van der Waals surface area contributed by atoms with Crippen molar-refractivity contribution in [3.63, 3.8) is 0 Å². The minimum absolute atomic E-state index is 0.00600. The summed E-state index contributed by atoms with van der Waals surface area (Å²) in [6, 6.07) is 0. The molecule has 0 bridgehead atoms. The maximum Gasteiger partial charge on any atom is 0.262 e. The lowest BCUT2D eigenvalue weighted by atomic mass is 9.97. The van der Waals surface area contributed by atoms with Crippen LogP contribution in [-0.2, 0) is 33.7 Å². The summed E-state index contributed by atoms with van der Waals surface area (Å²) < 4.78 is 12.9. The van der Waals surface area contributed by atoms with Crippen LogP contribution >= 0.6 is 11.3 Å². The number of aryl methyl sites for hydroxylation is 3. The van der Waals surface area contributed by atoms with Gasteiger partial charge in [-0.25, -0.2) is 4.98 Å². The second-order valence-corrected chi connectivity index (χ2v) is 9.32. The van der Waals surface area contributed by atoms with Crippen molar-refractivity contribution in [1.82, 2.24) is 14.5 Å². The second kappa shape index (κ2) is 8.16. The van der Waals surface area contributed by atoms with Crippen LogP contribution in [0, 0.1) is 5.92 Å². The summed E-state index contributed by atoms with van der Waals surface area (Å²) in [6.45, 7) is 3.10. The van der Waals surface area contributed by atoms with Gasteiger partial charge in [-0.15, -0.1) is 11.3 Å². The number of aromatic nitrogens is 2. The van der Waals surface area contributed by atoms with Crippen molar-refractivity contribution < 1.29 is 14.3 Å². The van der Waals surface area contributed by atoms with Gasteiger partial charge in [-0.3, -0.25) is 14.2 Å². The van der Waals surface area contributed by atoms with Crippen LogP contribution in [0.3, 0.4) is 0 Å². The molecule has 2 fully saturated rings. The highest BCUT2D eigenvalue weighted by Crippen LogP contribution is 2.33. The Morgan fingerprint density at radius 3 is 2.90 bits per heavy atom. The number of carbonyl (C=O) groups excluding carboxylic acids is 1. The van der Waals surface area contributed by atoms with Gasteiger partial charge in [-0.05, 0) is 44.1 Å². The fraction of sp³-hybridized carbons (Fsp3) is 0.667. The van der Waals surface area contributed by atoms with Gasteiger partial charge >= 0.3 is 0 Å². The molecule has 2 aromatic rings. The zero-order valence-corrected chi connectivity index (χ0v) is 17.4. The van der Waals surface area contributed by atoms with Gasteiger partial charge in [0.1, 0.15) is 4.83 Å². The SMILES string of the molecule is O=C(CCn1cnc2sc3c(c2c1=O)CCCC3)N1CCCC(C2OCCO2)C1. The van der Waals surface area contributed by atoms with Gasteiger partial charge in [0, 0.05) is 36.9 Å². The lowest BCUT2D eigenvalue weighted by Crippen LogP contribution is -2.44. The summed E-state index contributed by atoms with van der Waals surface area (Å²) in [7, 11) is 0. The molecule has 0 N–H and O–H groups in total. The lowest BCUT2D eigenvalue weighted by molar-refractivity contribution is -0.139. The molecule has 0 saturated carbocycles. The van der Waals surface area contributed by atoms with E-state index in [2.05, 4.69) is 4.98 Å². The number of amides is 1. The van der Waals surface area contributed by atoms with Gasteiger partial charge in [-0.1, -0.05) is 0 Å². The molecule has 2 aromatic heterocycles. The lowest BCUT2D eigenvalue weighted by Gasteiger charge is -2.34. The zero-order chi connectivity index (χ0) is 19.8. The Kier molecular flexibility index (Phi) is 5.41. The minimum atomic E-state index is -0.176. The first kappa shape index (κ1) is 19.2. The molecule has 0 radical (unpaired) electrons. The van der Waals surface area contributed by atoms with Crippen LogP contribution in [-0.4, -0.2) is 53.0 Å². The molecule has 1 aliphatic carbocycles. The van der Waals surface area contributed by atoms with E-state index in [9.17, 15) is 9.59 Å². The first-order valence-electron chi connectivity index (χ1n) is 10.7. The van der Waals surface area contributed by atoms with E-state index in [1.807, 2.05) is 4.90 Å². The number of hydrogen-bond acceptors (Lipinski definition) is 6. The van der Waals surface area contributed by atoms with Crippen LogP contribution in [0.5, 0.6) is 0 Å². The topological polar surface area (TPSA) is 73.7 Å². The third kappa shape index (κ3) is 3.73. The highest BCUT2D eigenvalue weighted by Gasteiger charge is 2.32. The molecule has 8 heteroatoms. The van der Waals surface area contributed by atoms with Gasteiger partial charge in [-0.2, -0.15) is 0 Å². The molecule has 1 amide bonds. The van der Waals surface area contributed by atoms with Crippen molar-refractivity contribution in [2.75, 3.05) is 26.3 Å². The quantitative estimate of drug-likeness (QED) is 0.763. The molecule has 2 saturated heterocycles. The molecule has 29 heavy (non-hydrogen) atoms. The Morgan fingerprint density at radius 2 is 2.03 bits per heavy atom. The summed E-state index contributed by atoms with van der Waals surface area (Å²) in [5.41, 5.74) is 1.20. The largest absolute Gasteiger partial charge is 0.350 e. The average molecular weight is 418 g/mol. The standard InChI is InChI=1S/C21H27N3O4S/c25-17(23-8-3-4-14(12-23)21-27-10-11-28-21)7-9-24-13-22-19-18(20(24)26)15-5-1-2-6-16(15)29-19/h13-14,21H,1-12H2. The highest BCUT2D eigenvalue weighted by molar-refractivity contribution is 7.18. The Hall–Kier alpha value is -1.77. The number of carbonyl (C=O) groups is 1. The Balaban J connectivity index is 1.27. The van der Waals surface area contributed by atoms with Crippen LogP contribution in [0.2, 0.25) is 0 Å². The van der Waals surface area contributed by atoms with Crippen molar-refractivity contribution in [2.24, 2.45) is 5.92 Å². The monoisotopic (exact) mass is 417 g/mol. The maximum atomic E-state index is 13.0. The number of ether oxygens (including phenoxy) is 2. The molecule has 7 nitrogen and oxygen atoms in total. The molecule has 1 unspecified atom stereocenters. The number of hydrogen-bond donors (Lipinski definition) is 0. The number of nitrogens with zero attached hydrogens (tertiary/aromatic N) is 3. The Morgan fingerprint density at radius 1 is 1.21 bits per heavy atom. The molecule has 5 rings (SSSR count). The van der Waals surface area contributed by atoms with Crippen LogP contribution in [0.15, 0.2) is 11.1 Å². The van der Waals surface area contributed by atoms with E-state index in [4.69, 9.17) is 9.47 Å². The summed E-state index contributed by atoms with van der Waals surface area (Å²) >= 11 is 1.66. The number of likely N-dealkylation sites (tertiary alicyclic amines) is 1. The molecule has 156 valence electrons. The van der Waals surface area contributed by atoms with E-state index < -0.39 is 0 Å². The Bertz CT molecular complexity index is 963. The molecule has 4 heterocycles. The molecule has 2 aliphatic heterocycles.